The third-order valence-corrected chi connectivity index (χ3v) is 5.77. The normalized spacial score (nSPS) is 22.4. The molecule has 1 fully saturated rings. The molecule has 7 nitrogen and oxygen atoms in total. The molecule has 5 rings (SSSR count). The van der Waals surface area contributed by atoms with Gasteiger partial charge in [-0.25, -0.2) is 13.8 Å². The number of rotatable bonds is 5. The van der Waals surface area contributed by atoms with E-state index in [9.17, 15) is 13.6 Å². The minimum absolute atomic E-state index is 0.0377. The Kier molecular flexibility index (Phi) is 4.62. The molecule has 2 aromatic rings. The molecule has 9 heteroatoms. The first-order chi connectivity index (χ1) is 14.5. The number of anilines is 3. The van der Waals surface area contributed by atoms with Gasteiger partial charge in [-0.2, -0.15) is 4.98 Å². The minimum atomic E-state index is -0.864. The van der Waals surface area contributed by atoms with Crippen molar-refractivity contribution in [1.82, 2.24) is 9.97 Å². The van der Waals surface area contributed by atoms with Gasteiger partial charge in [0.1, 0.15) is 11.4 Å². The Morgan fingerprint density at radius 3 is 2.90 bits per heavy atom. The highest BCUT2D eigenvalue weighted by molar-refractivity contribution is 6.12. The van der Waals surface area contributed by atoms with Crippen molar-refractivity contribution >= 4 is 23.4 Å². The SMILES string of the molecule is CN1C(=O)C2=CCCN2c2nc(NC3CC(OCc4ccc(F)c(F)c4)C3)ncc21. The van der Waals surface area contributed by atoms with Gasteiger partial charge in [0.25, 0.3) is 5.91 Å². The fourth-order valence-electron chi connectivity index (χ4n) is 3.98. The van der Waals surface area contributed by atoms with Crippen LogP contribution in [0, 0.1) is 11.6 Å². The molecule has 1 amide bonds. The molecule has 0 bridgehead atoms. The van der Waals surface area contributed by atoms with E-state index in [1.807, 2.05) is 11.0 Å². The van der Waals surface area contributed by atoms with E-state index in [-0.39, 0.29) is 24.7 Å². The van der Waals surface area contributed by atoms with Crippen molar-refractivity contribution in [2.45, 2.75) is 38.0 Å². The van der Waals surface area contributed by atoms with Gasteiger partial charge in [0, 0.05) is 19.6 Å². The number of nitrogens with one attached hydrogen (secondary N) is 1. The van der Waals surface area contributed by atoms with Gasteiger partial charge in [-0.15, -0.1) is 0 Å². The molecule has 1 aromatic carbocycles. The number of carbonyl (C=O) groups is 1. The number of aromatic nitrogens is 2. The van der Waals surface area contributed by atoms with Crippen LogP contribution in [-0.2, 0) is 16.1 Å². The Morgan fingerprint density at radius 2 is 2.10 bits per heavy atom. The van der Waals surface area contributed by atoms with Gasteiger partial charge in [-0.1, -0.05) is 12.1 Å². The van der Waals surface area contributed by atoms with Crippen LogP contribution in [0.25, 0.3) is 0 Å². The van der Waals surface area contributed by atoms with Crippen LogP contribution >= 0.6 is 0 Å². The number of hydrogen-bond acceptors (Lipinski definition) is 6. The van der Waals surface area contributed by atoms with Crippen molar-refractivity contribution in [3.8, 4) is 0 Å². The zero-order chi connectivity index (χ0) is 20.8. The number of amides is 1. The highest BCUT2D eigenvalue weighted by Gasteiger charge is 2.36. The van der Waals surface area contributed by atoms with E-state index < -0.39 is 11.6 Å². The van der Waals surface area contributed by atoms with Crippen LogP contribution in [0.2, 0.25) is 0 Å². The quantitative estimate of drug-likeness (QED) is 0.813. The van der Waals surface area contributed by atoms with Crippen LogP contribution in [0.3, 0.4) is 0 Å². The lowest BCUT2D eigenvalue weighted by Crippen LogP contribution is -2.42. The number of nitrogens with zero attached hydrogens (tertiary/aromatic N) is 4. The maximum Gasteiger partial charge on any atom is 0.274 e. The predicted octanol–water partition coefficient (Wildman–Crippen LogP) is 2.98. The summed E-state index contributed by atoms with van der Waals surface area (Å²) in [6.07, 6.45) is 6.03. The monoisotopic (exact) mass is 413 g/mol. The summed E-state index contributed by atoms with van der Waals surface area (Å²) in [4.78, 5) is 25.0. The number of hydrogen-bond donors (Lipinski definition) is 1. The number of carbonyl (C=O) groups excluding carboxylic acids is 1. The summed E-state index contributed by atoms with van der Waals surface area (Å²) in [6.45, 7) is 0.982. The maximum atomic E-state index is 13.3. The highest BCUT2D eigenvalue weighted by Crippen LogP contribution is 2.38. The molecule has 156 valence electrons. The second-order valence-corrected chi connectivity index (χ2v) is 7.79. The fourth-order valence-corrected chi connectivity index (χ4v) is 3.98. The second kappa shape index (κ2) is 7.32. The summed E-state index contributed by atoms with van der Waals surface area (Å²) in [6, 6.07) is 3.97. The lowest BCUT2D eigenvalue weighted by Gasteiger charge is -2.36. The summed E-state index contributed by atoms with van der Waals surface area (Å²) in [7, 11) is 1.73. The van der Waals surface area contributed by atoms with Gasteiger partial charge in [0.05, 0.1) is 18.9 Å². The summed E-state index contributed by atoms with van der Waals surface area (Å²) in [5, 5.41) is 3.32. The number of benzene rings is 1. The first kappa shape index (κ1) is 18.9. The van der Waals surface area contributed by atoms with E-state index in [0.29, 0.717) is 22.9 Å². The van der Waals surface area contributed by atoms with Crippen molar-refractivity contribution in [3.05, 3.63) is 53.4 Å². The van der Waals surface area contributed by atoms with Gasteiger partial charge < -0.3 is 19.9 Å². The minimum Gasteiger partial charge on any atom is -0.373 e. The number of halogens is 2. The molecule has 1 aliphatic carbocycles. The van der Waals surface area contributed by atoms with E-state index in [1.54, 1.807) is 18.1 Å². The van der Waals surface area contributed by atoms with Crippen molar-refractivity contribution in [1.29, 1.82) is 0 Å². The van der Waals surface area contributed by atoms with E-state index in [4.69, 9.17) is 4.74 Å². The van der Waals surface area contributed by atoms with Crippen LogP contribution in [0.4, 0.5) is 26.2 Å². The Balaban J connectivity index is 1.18. The molecule has 0 spiro atoms. The Morgan fingerprint density at radius 1 is 1.27 bits per heavy atom. The van der Waals surface area contributed by atoms with Crippen molar-refractivity contribution in [2.24, 2.45) is 0 Å². The molecule has 1 N–H and O–H groups in total. The molecule has 1 aromatic heterocycles. The van der Waals surface area contributed by atoms with Crippen LogP contribution in [0.1, 0.15) is 24.8 Å². The summed E-state index contributed by atoms with van der Waals surface area (Å²) < 4.78 is 32.0. The third-order valence-electron chi connectivity index (χ3n) is 5.77. The largest absolute Gasteiger partial charge is 0.373 e. The lowest BCUT2D eigenvalue weighted by molar-refractivity contribution is -0.115. The standard InChI is InChI=1S/C21H21F2N5O2/c1-27-18-10-24-21(26-19(18)28-6-2-3-17(28)20(27)29)25-13-8-14(9-13)30-11-12-4-5-15(22)16(23)7-12/h3-5,7,10,13-14H,2,6,8-9,11H2,1H3,(H,24,25,26). The Bertz CT molecular complexity index is 1040. The Labute approximate surface area is 172 Å². The summed E-state index contributed by atoms with van der Waals surface area (Å²) >= 11 is 0. The van der Waals surface area contributed by atoms with Crippen LogP contribution < -0.4 is 15.1 Å². The zero-order valence-electron chi connectivity index (χ0n) is 16.4. The molecule has 0 atom stereocenters. The smallest absolute Gasteiger partial charge is 0.274 e. The number of fused-ring (bicyclic) bond motifs is 3. The molecule has 0 unspecified atom stereocenters. The number of ether oxygens (including phenoxy) is 1. The van der Waals surface area contributed by atoms with Crippen molar-refractivity contribution in [3.63, 3.8) is 0 Å². The van der Waals surface area contributed by atoms with Gasteiger partial charge in [-0.05, 0) is 37.0 Å². The van der Waals surface area contributed by atoms with Gasteiger partial charge in [0.15, 0.2) is 17.5 Å². The predicted molar refractivity (Wildman–Crippen MR) is 107 cm³/mol. The third kappa shape index (κ3) is 3.28. The second-order valence-electron chi connectivity index (χ2n) is 7.79. The van der Waals surface area contributed by atoms with Gasteiger partial charge in [-0.3, -0.25) is 4.79 Å². The van der Waals surface area contributed by atoms with E-state index in [2.05, 4.69) is 15.3 Å². The molecule has 2 aliphatic heterocycles. The molecular weight excluding hydrogens is 392 g/mol. The van der Waals surface area contributed by atoms with E-state index >= 15 is 0 Å². The molecule has 1 saturated carbocycles. The van der Waals surface area contributed by atoms with Crippen LogP contribution in [0.15, 0.2) is 36.2 Å². The molecular formula is C21H21F2N5O2. The van der Waals surface area contributed by atoms with E-state index in [1.165, 1.54) is 6.07 Å². The average Bonchev–Trinajstić information content (AvgIpc) is 3.20. The summed E-state index contributed by atoms with van der Waals surface area (Å²) in [5.74, 6) is -0.499. The lowest BCUT2D eigenvalue weighted by atomic mass is 9.89. The van der Waals surface area contributed by atoms with E-state index in [0.717, 1.165) is 43.8 Å². The summed E-state index contributed by atoms with van der Waals surface area (Å²) in [5.41, 5.74) is 1.98. The molecule has 30 heavy (non-hydrogen) atoms. The van der Waals surface area contributed by atoms with Crippen molar-refractivity contribution < 1.29 is 18.3 Å². The maximum absolute atomic E-state index is 13.3. The number of likely N-dealkylation sites (N-methyl/N-ethyl adjacent to an activating group) is 1. The molecule has 3 heterocycles. The van der Waals surface area contributed by atoms with Crippen molar-refractivity contribution in [2.75, 3.05) is 28.7 Å². The highest BCUT2D eigenvalue weighted by atomic mass is 19.2. The molecule has 0 saturated heterocycles. The zero-order valence-corrected chi connectivity index (χ0v) is 16.4. The fraction of sp³-hybridized carbons (Fsp3) is 0.381. The molecule has 3 aliphatic rings. The average molecular weight is 413 g/mol. The Hall–Kier alpha value is -3.07. The van der Waals surface area contributed by atoms with Crippen LogP contribution in [0.5, 0.6) is 0 Å². The first-order valence-corrected chi connectivity index (χ1v) is 9.94. The topological polar surface area (TPSA) is 70.6 Å². The van der Waals surface area contributed by atoms with Gasteiger partial charge in [0.2, 0.25) is 5.95 Å². The van der Waals surface area contributed by atoms with Gasteiger partial charge >= 0.3 is 0 Å². The first-order valence-electron chi connectivity index (χ1n) is 9.94. The van der Waals surface area contributed by atoms with Crippen LogP contribution in [-0.4, -0.2) is 41.6 Å². The molecule has 0 radical (unpaired) electrons.